The number of aliphatic hydroxyl groups excluding tert-OH is 2. The lowest BCUT2D eigenvalue weighted by atomic mass is 9.90. The van der Waals surface area contributed by atoms with E-state index in [1.165, 1.54) is 44.9 Å². The van der Waals surface area contributed by atoms with Crippen LogP contribution in [-0.4, -0.2) is 69.2 Å². The predicted molar refractivity (Wildman–Crippen MR) is 189 cm³/mol. The molecule has 0 amide bonds. The Kier molecular flexibility index (Phi) is 25.6. The van der Waals surface area contributed by atoms with E-state index in [4.69, 9.17) is 19.3 Å². The first kappa shape index (κ1) is 45.1. The van der Waals surface area contributed by atoms with Crippen molar-refractivity contribution < 1.29 is 52.9 Å². The van der Waals surface area contributed by atoms with Crippen LogP contribution in [0.15, 0.2) is 24.3 Å². The van der Waals surface area contributed by atoms with E-state index in [9.17, 15) is 29.2 Å². The summed E-state index contributed by atoms with van der Waals surface area (Å²) in [7, 11) is -4.82. The van der Waals surface area contributed by atoms with Crippen LogP contribution < -0.4 is 0 Å². The summed E-state index contributed by atoms with van der Waals surface area (Å²) in [6, 6.07) is 0. The first-order valence-electron chi connectivity index (χ1n) is 18.7. The molecule has 0 aromatic carbocycles. The molecule has 0 saturated heterocycles. The van der Waals surface area contributed by atoms with Gasteiger partial charge >= 0.3 is 19.8 Å². The molecule has 284 valence electrons. The van der Waals surface area contributed by atoms with Crippen molar-refractivity contribution in [2.75, 3.05) is 13.2 Å². The Balaban J connectivity index is 2.38. The zero-order chi connectivity index (χ0) is 36.3. The van der Waals surface area contributed by atoms with Gasteiger partial charge in [0.1, 0.15) is 12.4 Å². The fraction of sp³-hybridized carbons (Fsp3) is 0.811. The molecular formula is C37H65O11P. The number of unbranched alkanes of at least 4 members (excludes halogenated alkanes) is 13. The number of ether oxygens (including phenoxy) is 2. The number of allylic oxidation sites excluding steroid dienone is 3. The lowest BCUT2D eigenvalue weighted by molar-refractivity contribution is -0.161. The number of esters is 2. The van der Waals surface area contributed by atoms with Crippen LogP contribution in [0.2, 0.25) is 0 Å². The molecule has 1 saturated carbocycles. The maximum Gasteiger partial charge on any atom is 0.469 e. The number of hydrogen-bond donors (Lipinski definition) is 4. The fourth-order valence-electron chi connectivity index (χ4n) is 5.94. The number of phosphoric ester groups is 1. The summed E-state index contributed by atoms with van der Waals surface area (Å²) < 4.78 is 26.2. The smallest absolute Gasteiger partial charge is 0.462 e. The van der Waals surface area contributed by atoms with Crippen LogP contribution >= 0.6 is 7.82 Å². The van der Waals surface area contributed by atoms with Gasteiger partial charge in [-0.3, -0.25) is 18.9 Å². The quantitative estimate of drug-likeness (QED) is 0.0252. The van der Waals surface area contributed by atoms with Gasteiger partial charge in [0.2, 0.25) is 0 Å². The van der Waals surface area contributed by atoms with Crippen molar-refractivity contribution in [3.63, 3.8) is 0 Å². The standard InChI is InChI=1S/C37H65O11P/c1-3-5-7-8-9-10-11-12-13-14-19-23-36(41)46-28-31(29-47-49(43,44)45)48-37(42)24-20-16-15-18-22-32-33(35(40)27-34(32)39)26-25-30(38)21-17-6-4-2/h15,18,25-26,30-34,38-39H,3-14,16-17,19-24,27-29H2,1-2H3,(H2,43,44,45)/b18-15-,26-25+/t30-,31+,32+,33+,34-/m0/s1. The average Bonchev–Trinajstić information content (AvgIpc) is 3.32. The van der Waals surface area contributed by atoms with Gasteiger partial charge in [0, 0.05) is 31.1 Å². The summed E-state index contributed by atoms with van der Waals surface area (Å²) in [6.07, 6.45) is 22.7. The summed E-state index contributed by atoms with van der Waals surface area (Å²) >= 11 is 0. The lowest BCUT2D eigenvalue weighted by Crippen LogP contribution is -2.29. The summed E-state index contributed by atoms with van der Waals surface area (Å²) in [5.74, 6) is -1.85. The molecule has 0 unspecified atom stereocenters. The average molecular weight is 717 g/mol. The highest BCUT2D eigenvalue weighted by molar-refractivity contribution is 7.46. The number of hydrogen-bond acceptors (Lipinski definition) is 9. The second-order valence-electron chi connectivity index (χ2n) is 13.3. The number of rotatable bonds is 30. The van der Waals surface area contributed by atoms with Crippen molar-refractivity contribution in [1.29, 1.82) is 0 Å². The van der Waals surface area contributed by atoms with Crippen LogP contribution in [-0.2, 0) is 32.9 Å². The Morgan fingerprint density at radius 3 is 2.06 bits per heavy atom. The van der Waals surface area contributed by atoms with Gasteiger partial charge in [0.15, 0.2) is 6.10 Å². The Labute approximate surface area is 294 Å². The highest BCUT2D eigenvalue weighted by Crippen LogP contribution is 2.36. The lowest BCUT2D eigenvalue weighted by Gasteiger charge is -2.18. The minimum Gasteiger partial charge on any atom is -0.462 e. The zero-order valence-corrected chi connectivity index (χ0v) is 30.9. The molecule has 1 rings (SSSR count). The maximum absolute atomic E-state index is 12.4. The Bertz CT molecular complexity index is 1010. The Hall–Kier alpha value is -1.88. The number of carbonyl (C=O) groups is 3. The molecule has 0 aliphatic heterocycles. The van der Waals surface area contributed by atoms with Crippen molar-refractivity contribution in [3.05, 3.63) is 24.3 Å². The van der Waals surface area contributed by atoms with Crippen molar-refractivity contribution >= 4 is 25.5 Å². The molecule has 4 N–H and O–H groups in total. The van der Waals surface area contributed by atoms with Crippen molar-refractivity contribution in [1.82, 2.24) is 0 Å². The molecule has 0 bridgehead atoms. The summed E-state index contributed by atoms with van der Waals surface area (Å²) in [6.45, 7) is 3.33. The molecule has 0 radical (unpaired) electrons. The maximum atomic E-state index is 12.4. The summed E-state index contributed by atoms with van der Waals surface area (Å²) in [5.41, 5.74) is 0. The van der Waals surface area contributed by atoms with Gasteiger partial charge in [-0.1, -0.05) is 122 Å². The van der Waals surface area contributed by atoms with Crippen LogP contribution in [0.25, 0.3) is 0 Å². The molecular weight excluding hydrogens is 651 g/mol. The molecule has 1 aliphatic rings. The second kappa shape index (κ2) is 27.8. The minimum absolute atomic E-state index is 0.0231. The van der Waals surface area contributed by atoms with Crippen molar-refractivity contribution in [3.8, 4) is 0 Å². The van der Waals surface area contributed by atoms with Crippen LogP contribution in [0.3, 0.4) is 0 Å². The first-order valence-corrected chi connectivity index (χ1v) is 20.3. The minimum atomic E-state index is -4.82. The second-order valence-corrected chi connectivity index (χ2v) is 14.6. The third-order valence-corrected chi connectivity index (χ3v) is 9.34. The highest BCUT2D eigenvalue weighted by Gasteiger charge is 2.39. The highest BCUT2D eigenvalue weighted by atomic mass is 31.2. The van der Waals surface area contributed by atoms with E-state index in [1.807, 2.05) is 12.2 Å². The Morgan fingerprint density at radius 1 is 0.837 bits per heavy atom. The van der Waals surface area contributed by atoms with Crippen molar-refractivity contribution in [2.45, 2.75) is 167 Å². The van der Waals surface area contributed by atoms with Crippen LogP contribution in [0.4, 0.5) is 0 Å². The molecule has 1 aliphatic carbocycles. The number of Topliss-reactive ketones (excluding diaryl/α,β-unsaturated/α-hetero) is 1. The normalized spacial score (nSPS) is 19.6. The molecule has 12 heteroatoms. The van der Waals surface area contributed by atoms with Gasteiger partial charge < -0.3 is 29.5 Å². The monoisotopic (exact) mass is 716 g/mol. The third-order valence-electron chi connectivity index (χ3n) is 8.85. The van der Waals surface area contributed by atoms with E-state index in [0.717, 1.165) is 38.5 Å². The summed E-state index contributed by atoms with van der Waals surface area (Å²) in [5, 5.41) is 20.6. The van der Waals surface area contributed by atoms with E-state index in [0.29, 0.717) is 32.1 Å². The number of carbonyl (C=O) groups excluding carboxylic acids is 3. The molecule has 0 aromatic rings. The van der Waals surface area contributed by atoms with Crippen molar-refractivity contribution in [2.24, 2.45) is 11.8 Å². The number of ketones is 1. The number of phosphoric acid groups is 1. The van der Waals surface area contributed by atoms with Gasteiger partial charge in [0.05, 0.1) is 18.8 Å². The molecule has 0 heterocycles. The molecule has 0 spiro atoms. The van der Waals surface area contributed by atoms with E-state index >= 15 is 0 Å². The number of aliphatic hydroxyl groups is 2. The molecule has 5 atom stereocenters. The van der Waals surface area contributed by atoms with E-state index in [-0.39, 0.29) is 37.6 Å². The SMILES string of the molecule is CCCCCCCCCCCCCC(=O)OC[C@H](COP(=O)(O)O)OC(=O)CCC/C=C\C[C@H]1[C@@H](O)CC(=O)[C@@H]1/C=C/[C@@H](O)CCCCC. The van der Waals surface area contributed by atoms with Crippen LogP contribution in [0.1, 0.15) is 149 Å². The largest absolute Gasteiger partial charge is 0.469 e. The topological polar surface area (TPSA) is 177 Å². The van der Waals surface area contributed by atoms with Gasteiger partial charge in [-0.05, 0) is 32.1 Å². The van der Waals surface area contributed by atoms with Gasteiger partial charge in [-0.15, -0.1) is 0 Å². The van der Waals surface area contributed by atoms with Gasteiger partial charge in [0.25, 0.3) is 0 Å². The third kappa shape index (κ3) is 24.0. The van der Waals surface area contributed by atoms with Crippen LogP contribution in [0.5, 0.6) is 0 Å². The van der Waals surface area contributed by atoms with E-state index < -0.39 is 50.6 Å². The molecule has 1 fully saturated rings. The van der Waals surface area contributed by atoms with E-state index in [2.05, 4.69) is 18.4 Å². The predicted octanol–water partition coefficient (Wildman–Crippen LogP) is 7.43. The molecule has 49 heavy (non-hydrogen) atoms. The summed E-state index contributed by atoms with van der Waals surface area (Å²) in [4.78, 5) is 55.2. The van der Waals surface area contributed by atoms with Crippen LogP contribution in [0, 0.1) is 11.8 Å². The molecule has 11 nitrogen and oxygen atoms in total. The van der Waals surface area contributed by atoms with Gasteiger partial charge in [-0.2, -0.15) is 0 Å². The fourth-order valence-corrected chi connectivity index (χ4v) is 6.30. The Morgan fingerprint density at radius 2 is 1.43 bits per heavy atom. The zero-order valence-electron chi connectivity index (χ0n) is 30.1. The van der Waals surface area contributed by atoms with E-state index in [1.54, 1.807) is 12.2 Å². The molecule has 0 aromatic heterocycles. The first-order chi connectivity index (χ1) is 23.5. The van der Waals surface area contributed by atoms with Gasteiger partial charge in [-0.25, -0.2) is 4.57 Å².